The average molecular weight is 389 g/mol. The van der Waals surface area contributed by atoms with Crippen molar-refractivity contribution in [2.45, 2.75) is 84.1 Å². The van der Waals surface area contributed by atoms with Crippen LogP contribution < -0.4 is 9.64 Å². The average Bonchev–Trinajstić information content (AvgIpc) is 2.59. The van der Waals surface area contributed by atoms with E-state index in [0.29, 0.717) is 23.4 Å². The quantitative estimate of drug-likeness (QED) is 0.863. The molecule has 3 rings (SSSR count). The Kier molecular flexibility index (Phi) is 5.45. The summed E-state index contributed by atoms with van der Waals surface area (Å²) in [7, 11) is 1.72. The SMILES string of the molecule is Cc1cc2c(cc1C(=O)N(C(C)C)C1CCCC(O)C1)N(C)C(=O)C(C)(C)O2. The van der Waals surface area contributed by atoms with Gasteiger partial charge in [-0.3, -0.25) is 9.59 Å². The van der Waals surface area contributed by atoms with Gasteiger partial charge >= 0.3 is 0 Å². The second-order valence-corrected chi connectivity index (χ2v) is 8.89. The molecule has 1 fully saturated rings. The number of anilines is 1. The number of carbonyl (C=O) groups excluding carboxylic acids is 2. The van der Waals surface area contributed by atoms with E-state index in [2.05, 4.69) is 0 Å². The van der Waals surface area contributed by atoms with Crippen LogP contribution in [-0.2, 0) is 4.79 Å². The van der Waals surface area contributed by atoms with E-state index in [4.69, 9.17) is 4.74 Å². The molecule has 0 spiro atoms. The lowest BCUT2D eigenvalue weighted by molar-refractivity contribution is -0.132. The molecule has 0 aromatic heterocycles. The fourth-order valence-corrected chi connectivity index (χ4v) is 4.43. The normalized spacial score (nSPS) is 24.0. The molecule has 2 atom stereocenters. The topological polar surface area (TPSA) is 70.1 Å². The summed E-state index contributed by atoms with van der Waals surface area (Å²) in [6, 6.07) is 3.67. The van der Waals surface area contributed by atoms with Gasteiger partial charge in [0, 0.05) is 24.7 Å². The van der Waals surface area contributed by atoms with Gasteiger partial charge in [0.05, 0.1) is 11.8 Å². The maximum atomic E-state index is 13.5. The summed E-state index contributed by atoms with van der Waals surface area (Å²) < 4.78 is 5.91. The van der Waals surface area contributed by atoms with Crippen molar-refractivity contribution in [3.05, 3.63) is 23.3 Å². The number of amides is 2. The van der Waals surface area contributed by atoms with E-state index in [1.807, 2.05) is 31.7 Å². The minimum absolute atomic E-state index is 0.0211. The molecule has 1 aromatic rings. The highest BCUT2D eigenvalue weighted by atomic mass is 16.5. The molecule has 1 saturated carbocycles. The van der Waals surface area contributed by atoms with Crippen molar-refractivity contribution >= 4 is 17.5 Å². The molecule has 1 aliphatic heterocycles. The van der Waals surface area contributed by atoms with Gasteiger partial charge in [0.2, 0.25) is 0 Å². The number of aliphatic hydroxyl groups excluding tert-OH is 1. The Morgan fingerprint density at radius 3 is 2.61 bits per heavy atom. The predicted molar refractivity (Wildman–Crippen MR) is 109 cm³/mol. The van der Waals surface area contributed by atoms with Crippen LogP contribution in [0.1, 0.15) is 69.3 Å². The zero-order chi connectivity index (χ0) is 20.8. The lowest BCUT2D eigenvalue weighted by Crippen LogP contribution is -2.51. The molecule has 0 saturated heterocycles. The Morgan fingerprint density at radius 1 is 1.32 bits per heavy atom. The molecule has 1 aliphatic carbocycles. The molecule has 1 N–H and O–H groups in total. The second-order valence-electron chi connectivity index (χ2n) is 8.89. The van der Waals surface area contributed by atoms with Gasteiger partial charge < -0.3 is 19.6 Å². The zero-order valence-electron chi connectivity index (χ0n) is 17.8. The van der Waals surface area contributed by atoms with E-state index in [1.165, 1.54) is 0 Å². The van der Waals surface area contributed by atoms with Gasteiger partial charge in [-0.15, -0.1) is 0 Å². The third-order valence-corrected chi connectivity index (χ3v) is 5.89. The van der Waals surface area contributed by atoms with Crippen LogP contribution >= 0.6 is 0 Å². The van der Waals surface area contributed by atoms with Gasteiger partial charge in [-0.25, -0.2) is 0 Å². The van der Waals surface area contributed by atoms with Crippen molar-refractivity contribution in [2.75, 3.05) is 11.9 Å². The van der Waals surface area contributed by atoms with Gasteiger partial charge in [0.15, 0.2) is 5.60 Å². The van der Waals surface area contributed by atoms with Crippen LogP contribution in [0.3, 0.4) is 0 Å². The first-order valence-electron chi connectivity index (χ1n) is 10.2. The maximum Gasteiger partial charge on any atom is 0.270 e. The minimum atomic E-state index is -0.929. The maximum absolute atomic E-state index is 13.5. The van der Waals surface area contributed by atoms with Gasteiger partial charge in [-0.1, -0.05) is 0 Å². The number of hydrogen-bond acceptors (Lipinski definition) is 4. The Bertz CT molecular complexity index is 787. The van der Waals surface area contributed by atoms with Crippen molar-refractivity contribution in [2.24, 2.45) is 0 Å². The van der Waals surface area contributed by atoms with Crippen LogP contribution in [0, 0.1) is 6.92 Å². The molecular weight excluding hydrogens is 356 g/mol. The number of rotatable bonds is 3. The second kappa shape index (κ2) is 7.39. The number of carbonyl (C=O) groups is 2. The van der Waals surface area contributed by atoms with Crippen LogP contribution in [0.2, 0.25) is 0 Å². The van der Waals surface area contributed by atoms with E-state index in [1.54, 1.807) is 31.9 Å². The molecule has 154 valence electrons. The molecule has 1 aromatic carbocycles. The number of fused-ring (bicyclic) bond motifs is 1. The van der Waals surface area contributed by atoms with Crippen molar-refractivity contribution in [3.8, 4) is 5.75 Å². The first-order valence-corrected chi connectivity index (χ1v) is 10.2. The molecule has 6 nitrogen and oxygen atoms in total. The van der Waals surface area contributed by atoms with Gasteiger partial charge in [0.25, 0.3) is 11.8 Å². The smallest absolute Gasteiger partial charge is 0.270 e. The number of benzene rings is 1. The van der Waals surface area contributed by atoms with Crippen LogP contribution in [-0.4, -0.2) is 52.7 Å². The third kappa shape index (κ3) is 3.62. The number of ether oxygens (including phenoxy) is 1. The van der Waals surface area contributed by atoms with Crippen LogP contribution in [0.4, 0.5) is 5.69 Å². The molecule has 2 amide bonds. The Labute approximate surface area is 167 Å². The third-order valence-electron chi connectivity index (χ3n) is 5.89. The predicted octanol–water partition coefficient (Wildman–Crippen LogP) is 3.28. The number of aliphatic hydroxyl groups is 1. The Hall–Kier alpha value is -2.08. The van der Waals surface area contributed by atoms with Crippen molar-refractivity contribution in [3.63, 3.8) is 0 Å². The molecule has 0 radical (unpaired) electrons. The summed E-state index contributed by atoms with van der Waals surface area (Å²) in [5, 5.41) is 10.1. The number of likely N-dealkylation sites (N-methyl/N-ethyl adjacent to an activating group) is 1. The summed E-state index contributed by atoms with van der Waals surface area (Å²) in [5.41, 5.74) is 1.09. The Balaban J connectivity index is 1.98. The number of hydrogen-bond donors (Lipinski definition) is 1. The molecule has 6 heteroatoms. The fraction of sp³-hybridized carbons (Fsp3) is 0.636. The summed E-state index contributed by atoms with van der Waals surface area (Å²) >= 11 is 0. The first-order chi connectivity index (χ1) is 13.0. The minimum Gasteiger partial charge on any atom is -0.476 e. The Morgan fingerprint density at radius 2 is 2.00 bits per heavy atom. The number of aryl methyl sites for hydroxylation is 1. The molecular formula is C22H32N2O4. The largest absolute Gasteiger partial charge is 0.476 e. The van der Waals surface area contributed by atoms with Gasteiger partial charge in [-0.05, 0) is 78.0 Å². The molecule has 1 heterocycles. The van der Waals surface area contributed by atoms with Gasteiger partial charge in [-0.2, -0.15) is 0 Å². The zero-order valence-corrected chi connectivity index (χ0v) is 17.8. The van der Waals surface area contributed by atoms with Gasteiger partial charge in [0.1, 0.15) is 5.75 Å². The van der Waals surface area contributed by atoms with E-state index in [0.717, 1.165) is 24.8 Å². The highest BCUT2D eigenvalue weighted by molar-refractivity contribution is 6.04. The summed E-state index contributed by atoms with van der Waals surface area (Å²) in [5.74, 6) is 0.420. The van der Waals surface area contributed by atoms with Crippen molar-refractivity contribution < 1.29 is 19.4 Å². The van der Waals surface area contributed by atoms with E-state index >= 15 is 0 Å². The van der Waals surface area contributed by atoms with E-state index in [9.17, 15) is 14.7 Å². The van der Waals surface area contributed by atoms with E-state index in [-0.39, 0.29) is 30.0 Å². The summed E-state index contributed by atoms with van der Waals surface area (Å²) in [6.07, 6.45) is 2.89. The highest BCUT2D eigenvalue weighted by Gasteiger charge is 2.40. The molecule has 28 heavy (non-hydrogen) atoms. The fourth-order valence-electron chi connectivity index (χ4n) is 4.43. The van der Waals surface area contributed by atoms with Crippen LogP contribution in [0.25, 0.3) is 0 Å². The highest BCUT2D eigenvalue weighted by Crippen LogP contribution is 2.39. The van der Waals surface area contributed by atoms with Crippen molar-refractivity contribution in [1.82, 2.24) is 4.90 Å². The van der Waals surface area contributed by atoms with E-state index < -0.39 is 5.60 Å². The van der Waals surface area contributed by atoms with Crippen LogP contribution in [0.5, 0.6) is 5.75 Å². The summed E-state index contributed by atoms with van der Waals surface area (Å²) in [6.45, 7) is 9.41. The molecule has 2 unspecified atom stereocenters. The lowest BCUT2D eigenvalue weighted by atomic mass is 9.90. The lowest BCUT2D eigenvalue weighted by Gasteiger charge is -2.40. The monoisotopic (exact) mass is 388 g/mol. The standard InChI is InChI=1S/C22H32N2O4/c1-13(2)24(15-8-7-9-16(25)11-15)20(26)17-12-18-19(10-14(17)3)28-22(4,5)21(27)23(18)6/h10,12-13,15-16,25H,7-9,11H2,1-6H3. The van der Waals surface area contributed by atoms with Crippen molar-refractivity contribution in [1.29, 1.82) is 0 Å². The first kappa shape index (κ1) is 20.6. The molecule has 2 aliphatic rings. The van der Waals surface area contributed by atoms with Crippen LogP contribution in [0.15, 0.2) is 12.1 Å². The molecule has 0 bridgehead atoms. The number of nitrogens with zero attached hydrogens (tertiary/aromatic N) is 2. The summed E-state index contributed by atoms with van der Waals surface area (Å²) in [4.78, 5) is 29.6.